The Balaban J connectivity index is 2.00. The van der Waals surface area contributed by atoms with Crippen molar-refractivity contribution in [3.8, 4) is 11.8 Å². The predicted molar refractivity (Wildman–Crippen MR) is 128 cm³/mol. The molecule has 1 N–H and O–H groups in total. The number of hydrogen-bond acceptors (Lipinski definition) is 5. The first kappa shape index (κ1) is 22.2. The fraction of sp³-hybridized carbons (Fsp3) is 0.143. The van der Waals surface area contributed by atoms with Crippen LogP contribution < -0.4 is 15.0 Å². The van der Waals surface area contributed by atoms with Gasteiger partial charge in [-0.1, -0.05) is 6.07 Å². The number of imide groups is 2. The Kier molecular flexibility index (Phi) is 6.77. The Labute approximate surface area is 200 Å². The lowest BCUT2D eigenvalue weighted by atomic mass is 10.1. The molecule has 152 valence electrons. The molecule has 2 aromatic carbocycles. The average molecular weight is 627 g/mol. The minimum absolute atomic E-state index is 0.0830. The van der Waals surface area contributed by atoms with Crippen LogP contribution in [0, 0.1) is 32.3 Å². The van der Waals surface area contributed by atoms with Gasteiger partial charge in [-0.25, -0.2) is 9.69 Å². The zero-order valence-electron chi connectivity index (χ0n) is 16.0. The molecule has 0 bridgehead atoms. The number of carbonyl (C=O) groups is 3. The lowest BCUT2D eigenvalue weighted by Gasteiger charge is -2.27. The molecule has 2 aromatic rings. The van der Waals surface area contributed by atoms with Crippen molar-refractivity contribution >= 4 is 74.8 Å². The predicted octanol–water partition coefficient (Wildman–Crippen LogP) is 4.08. The summed E-state index contributed by atoms with van der Waals surface area (Å²) in [6.07, 6.45) is 1.44. The van der Waals surface area contributed by atoms with Crippen LogP contribution in [0.1, 0.15) is 16.7 Å². The van der Waals surface area contributed by atoms with Crippen molar-refractivity contribution in [3.63, 3.8) is 0 Å². The lowest BCUT2D eigenvalue weighted by Crippen LogP contribution is -2.54. The van der Waals surface area contributed by atoms with E-state index in [2.05, 4.69) is 50.5 Å². The monoisotopic (exact) mass is 627 g/mol. The number of carbonyl (C=O) groups excluding carboxylic acids is 3. The summed E-state index contributed by atoms with van der Waals surface area (Å²) >= 11 is 4.12. The molecule has 1 aliphatic heterocycles. The van der Waals surface area contributed by atoms with Crippen LogP contribution in [-0.4, -0.2) is 24.5 Å². The minimum atomic E-state index is -0.783. The molecule has 1 aliphatic rings. The molecule has 1 fully saturated rings. The maximum absolute atomic E-state index is 13.0. The molecule has 3 rings (SSSR count). The highest BCUT2D eigenvalue weighted by Crippen LogP contribution is 2.30. The molecule has 30 heavy (non-hydrogen) atoms. The van der Waals surface area contributed by atoms with E-state index < -0.39 is 17.8 Å². The summed E-state index contributed by atoms with van der Waals surface area (Å²) in [4.78, 5) is 38.7. The average Bonchev–Trinajstić information content (AvgIpc) is 2.67. The zero-order valence-corrected chi connectivity index (χ0v) is 20.3. The molecule has 0 atom stereocenters. The van der Waals surface area contributed by atoms with Crippen molar-refractivity contribution in [2.45, 2.75) is 13.8 Å². The van der Waals surface area contributed by atoms with Gasteiger partial charge in [-0.15, -0.1) is 0 Å². The highest BCUT2D eigenvalue weighted by Gasteiger charge is 2.37. The maximum atomic E-state index is 13.0. The van der Waals surface area contributed by atoms with E-state index in [9.17, 15) is 14.4 Å². The van der Waals surface area contributed by atoms with Gasteiger partial charge in [0, 0.05) is 0 Å². The minimum Gasteiger partial charge on any atom is -0.477 e. The molecule has 0 unspecified atom stereocenters. The summed E-state index contributed by atoms with van der Waals surface area (Å²) < 4.78 is 6.88. The van der Waals surface area contributed by atoms with Crippen molar-refractivity contribution in [1.82, 2.24) is 5.32 Å². The Morgan fingerprint density at radius 1 is 1.10 bits per heavy atom. The summed E-state index contributed by atoms with van der Waals surface area (Å²) in [5.74, 6) is -0.881. The first-order chi connectivity index (χ1) is 14.2. The third-order valence-electron chi connectivity index (χ3n) is 4.46. The number of halogens is 2. The van der Waals surface area contributed by atoms with E-state index in [1.807, 2.05) is 26.0 Å². The van der Waals surface area contributed by atoms with E-state index in [4.69, 9.17) is 10.00 Å². The molecule has 1 saturated heterocycles. The number of urea groups is 1. The SMILES string of the molecule is Cc1ccc(N2C(=O)NC(=O)/C(=C\c3cc(I)c(OCC#N)c(I)c3)C2=O)cc1C. The number of barbiturate groups is 1. The van der Waals surface area contributed by atoms with Crippen LogP contribution in [0.3, 0.4) is 0 Å². The van der Waals surface area contributed by atoms with E-state index in [1.165, 1.54) is 6.08 Å². The number of anilines is 1. The number of aryl methyl sites for hydroxylation is 2. The number of hydrogen-bond donors (Lipinski definition) is 1. The van der Waals surface area contributed by atoms with Crippen LogP contribution in [0.4, 0.5) is 10.5 Å². The molecule has 0 spiro atoms. The fourth-order valence-corrected chi connectivity index (χ4v) is 4.96. The van der Waals surface area contributed by atoms with E-state index in [-0.39, 0.29) is 12.2 Å². The molecule has 0 aromatic heterocycles. The molecule has 4 amide bonds. The topological polar surface area (TPSA) is 99.5 Å². The van der Waals surface area contributed by atoms with E-state index in [1.54, 1.807) is 24.3 Å². The zero-order chi connectivity index (χ0) is 22.0. The lowest BCUT2D eigenvalue weighted by molar-refractivity contribution is -0.122. The molecular formula is C21H15I2N3O4. The third-order valence-corrected chi connectivity index (χ3v) is 6.07. The summed E-state index contributed by atoms with van der Waals surface area (Å²) in [6.45, 7) is 3.73. The Morgan fingerprint density at radius 2 is 1.77 bits per heavy atom. The summed E-state index contributed by atoms with van der Waals surface area (Å²) in [5.41, 5.74) is 2.79. The van der Waals surface area contributed by atoms with E-state index in [0.29, 0.717) is 17.0 Å². The first-order valence-electron chi connectivity index (χ1n) is 8.70. The second-order valence-corrected chi connectivity index (χ2v) is 8.81. The molecule has 9 heteroatoms. The number of amides is 4. The van der Waals surface area contributed by atoms with Gasteiger partial charge >= 0.3 is 6.03 Å². The van der Waals surface area contributed by atoms with Crippen molar-refractivity contribution in [2.24, 2.45) is 0 Å². The molecule has 1 heterocycles. The number of nitriles is 1. The fourth-order valence-electron chi connectivity index (χ4n) is 2.83. The van der Waals surface area contributed by atoms with Crippen molar-refractivity contribution in [1.29, 1.82) is 5.26 Å². The van der Waals surface area contributed by atoms with E-state index >= 15 is 0 Å². The number of nitrogens with one attached hydrogen (secondary N) is 1. The first-order valence-corrected chi connectivity index (χ1v) is 10.9. The maximum Gasteiger partial charge on any atom is 0.335 e. The molecule has 0 saturated carbocycles. The number of rotatable bonds is 4. The third kappa shape index (κ3) is 4.49. The van der Waals surface area contributed by atoms with Crippen LogP contribution in [0.2, 0.25) is 0 Å². The van der Waals surface area contributed by atoms with Crippen molar-refractivity contribution in [3.05, 3.63) is 59.7 Å². The highest BCUT2D eigenvalue weighted by atomic mass is 127. The Bertz CT molecular complexity index is 1130. The Morgan fingerprint density at radius 3 is 2.37 bits per heavy atom. The molecule has 0 aliphatic carbocycles. The molecule has 7 nitrogen and oxygen atoms in total. The van der Waals surface area contributed by atoms with Crippen LogP contribution in [0.15, 0.2) is 35.9 Å². The van der Waals surface area contributed by atoms with Crippen molar-refractivity contribution in [2.75, 3.05) is 11.5 Å². The number of benzene rings is 2. The van der Waals surface area contributed by atoms with Crippen LogP contribution in [-0.2, 0) is 9.59 Å². The highest BCUT2D eigenvalue weighted by molar-refractivity contribution is 14.1. The van der Waals surface area contributed by atoms with Gasteiger partial charge in [0.2, 0.25) is 0 Å². The van der Waals surface area contributed by atoms with Crippen LogP contribution >= 0.6 is 45.2 Å². The Hall–Kier alpha value is -2.46. The van der Waals surface area contributed by atoms with Gasteiger partial charge < -0.3 is 4.74 Å². The number of ether oxygens (including phenoxy) is 1. The van der Waals surface area contributed by atoms with E-state index in [0.717, 1.165) is 23.2 Å². The molecule has 0 radical (unpaired) electrons. The second kappa shape index (κ2) is 9.13. The van der Waals surface area contributed by atoms with Gasteiger partial charge in [0.25, 0.3) is 11.8 Å². The van der Waals surface area contributed by atoms with Gasteiger partial charge in [-0.05, 0) is 106 Å². The van der Waals surface area contributed by atoms with Gasteiger partial charge in [-0.3, -0.25) is 14.9 Å². The standard InChI is InChI=1S/C21H15I2N3O4/c1-11-3-4-14(7-12(11)2)26-20(28)15(19(27)25-21(26)29)8-13-9-16(22)18(17(23)10-13)30-6-5-24/h3-4,7-10H,6H2,1-2H3,(H,25,27,29)/b15-8+. The summed E-state index contributed by atoms with van der Waals surface area (Å²) in [6, 6.07) is 9.82. The van der Waals surface area contributed by atoms with Gasteiger partial charge in [0.05, 0.1) is 12.8 Å². The van der Waals surface area contributed by atoms with Gasteiger partial charge in [0.1, 0.15) is 17.4 Å². The summed E-state index contributed by atoms with van der Waals surface area (Å²) in [7, 11) is 0. The quantitative estimate of drug-likeness (QED) is 0.313. The van der Waals surface area contributed by atoms with Gasteiger partial charge in [0.15, 0.2) is 6.61 Å². The van der Waals surface area contributed by atoms with Crippen LogP contribution in [0.5, 0.6) is 5.75 Å². The largest absolute Gasteiger partial charge is 0.477 e. The van der Waals surface area contributed by atoms with Crippen molar-refractivity contribution < 1.29 is 19.1 Å². The smallest absolute Gasteiger partial charge is 0.335 e. The number of nitrogens with zero attached hydrogens (tertiary/aromatic N) is 2. The summed E-state index contributed by atoms with van der Waals surface area (Å²) in [5, 5.41) is 10.9. The second-order valence-electron chi connectivity index (χ2n) is 6.49. The van der Waals surface area contributed by atoms with Gasteiger partial charge in [-0.2, -0.15) is 5.26 Å². The van der Waals surface area contributed by atoms with Crippen LogP contribution in [0.25, 0.3) is 6.08 Å². The normalized spacial score (nSPS) is 15.2. The molecular weight excluding hydrogens is 612 g/mol.